The van der Waals surface area contributed by atoms with Crippen LogP contribution in [0, 0.1) is 21.4 Å². The maximum atomic E-state index is 12.2. The molecule has 0 bridgehead atoms. The van der Waals surface area contributed by atoms with E-state index in [-0.39, 0.29) is 29.3 Å². The van der Waals surface area contributed by atoms with Gasteiger partial charge in [-0.25, -0.2) is 0 Å². The molecule has 2 fully saturated rings. The molecule has 0 aromatic carbocycles. The van der Waals surface area contributed by atoms with Crippen LogP contribution in [-0.4, -0.2) is 35.4 Å². The molecule has 1 heterocycles. The van der Waals surface area contributed by atoms with Crippen molar-refractivity contribution in [3.05, 3.63) is 10.1 Å². The Morgan fingerprint density at radius 2 is 2.12 bits per heavy atom. The Labute approximate surface area is 95.0 Å². The van der Waals surface area contributed by atoms with Crippen molar-refractivity contribution in [1.82, 2.24) is 4.90 Å². The number of hydrogen-bond acceptors (Lipinski definition) is 3. The van der Waals surface area contributed by atoms with E-state index in [1.807, 2.05) is 0 Å². The van der Waals surface area contributed by atoms with Crippen LogP contribution in [0.2, 0.25) is 0 Å². The van der Waals surface area contributed by atoms with Crippen molar-refractivity contribution in [1.29, 1.82) is 0 Å². The van der Waals surface area contributed by atoms with E-state index in [1.54, 1.807) is 18.9 Å². The van der Waals surface area contributed by atoms with Crippen molar-refractivity contribution < 1.29 is 9.72 Å². The van der Waals surface area contributed by atoms with Crippen LogP contribution >= 0.6 is 0 Å². The van der Waals surface area contributed by atoms with Gasteiger partial charge in [-0.1, -0.05) is 12.8 Å². The lowest BCUT2D eigenvalue weighted by Gasteiger charge is -2.32. The van der Waals surface area contributed by atoms with Crippen molar-refractivity contribution in [2.75, 3.05) is 13.6 Å². The zero-order chi connectivity index (χ0) is 11.9. The van der Waals surface area contributed by atoms with Crippen molar-refractivity contribution in [3.63, 3.8) is 0 Å². The zero-order valence-corrected chi connectivity index (χ0v) is 9.81. The summed E-state index contributed by atoms with van der Waals surface area (Å²) in [5.41, 5.74) is -0.774. The highest BCUT2D eigenvalue weighted by Crippen LogP contribution is 2.47. The van der Waals surface area contributed by atoms with Gasteiger partial charge in [0.15, 0.2) is 0 Å². The molecule has 5 heteroatoms. The maximum absolute atomic E-state index is 12.2. The van der Waals surface area contributed by atoms with E-state index in [0.717, 1.165) is 25.7 Å². The van der Waals surface area contributed by atoms with E-state index in [2.05, 4.69) is 0 Å². The average Bonchev–Trinajstić information content (AvgIpc) is 2.42. The summed E-state index contributed by atoms with van der Waals surface area (Å²) in [6.45, 7) is 1.54. The summed E-state index contributed by atoms with van der Waals surface area (Å²) in [5, 5.41) is 10.7. The van der Waals surface area contributed by atoms with Crippen LogP contribution in [-0.2, 0) is 4.79 Å². The summed E-state index contributed by atoms with van der Waals surface area (Å²) in [6, 6.07) is 0.228. The molecule has 3 atom stereocenters. The third-order valence-corrected chi connectivity index (χ3v) is 4.31. The van der Waals surface area contributed by atoms with Gasteiger partial charge in [0.2, 0.25) is 12.5 Å². The summed E-state index contributed by atoms with van der Waals surface area (Å²) < 4.78 is 0. The van der Waals surface area contributed by atoms with Crippen LogP contribution in [0.3, 0.4) is 0 Å². The zero-order valence-electron chi connectivity index (χ0n) is 9.81. The largest absolute Gasteiger partial charge is 0.342 e. The summed E-state index contributed by atoms with van der Waals surface area (Å²) in [4.78, 5) is 24.3. The van der Waals surface area contributed by atoms with Gasteiger partial charge < -0.3 is 4.90 Å². The van der Waals surface area contributed by atoms with Gasteiger partial charge in [0.25, 0.3) is 0 Å². The average molecular weight is 226 g/mol. The molecule has 5 nitrogen and oxygen atoms in total. The van der Waals surface area contributed by atoms with Gasteiger partial charge in [0, 0.05) is 18.0 Å². The fourth-order valence-electron chi connectivity index (χ4n) is 3.48. The first-order valence-electron chi connectivity index (χ1n) is 5.86. The number of fused-ring (bicyclic) bond motifs is 1. The van der Waals surface area contributed by atoms with Crippen LogP contribution < -0.4 is 0 Å². The van der Waals surface area contributed by atoms with E-state index in [4.69, 9.17) is 0 Å². The number of rotatable bonds is 2. The number of likely N-dealkylation sites (tertiary alicyclic amines) is 1. The molecule has 0 aromatic rings. The van der Waals surface area contributed by atoms with Crippen LogP contribution in [0.1, 0.15) is 32.6 Å². The second-order valence-electron chi connectivity index (χ2n) is 5.28. The first-order valence-corrected chi connectivity index (χ1v) is 5.86. The second kappa shape index (κ2) is 3.71. The topological polar surface area (TPSA) is 63.5 Å². The molecule has 16 heavy (non-hydrogen) atoms. The Balaban J connectivity index is 2.29. The maximum Gasteiger partial charge on any atom is 0.235 e. The van der Waals surface area contributed by atoms with Crippen LogP contribution in [0.5, 0.6) is 0 Å². The Bertz CT molecular complexity index is 331. The third-order valence-electron chi connectivity index (χ3n) is 4.31. The van der Waals surface area contributed by atoms with Gasteiger partial charge in [0.1, 0.15) is 5.41 Å². The molecule has 0 aromatic heterocycles. The molecular weight excluding hydrogens is 208 g/mol. The SMILES string of the molecule is CN1C(=O)C(C)(C[N+](=O)[O-])C2CCCCC21. The first kappa shape index (κ1) is 11.4. The monoisotopic (exact) mass is 226 g/mol. The van der Waals surface area contributed by atoms with E-state index in [0.29, 0.717) is 0 Å². The molecule has 1 saturated heterocycles. The summed E-state index contributed by atoms with van der Waals surface area (Å²) in [6.07, 6.45) is 4.17. The lowest BCUT2D eigenvalue weighted by molar-refractivity contribution is -0.495. The Kier molecular flexibility index (Phi) is 2.64. The molecule has 1 aliphatic carbocycles. The molecule has 3 unspecified atom stereocenters. The van der Waals surface area contributed by atoms with E-state index < -0.39 is 5.41 Å². The Morgan fingerprint density at radius 3 is 2.75 bits per heavy atom. The second-order valence-corrected chi connectivity index (χ2v) is 5.28. The number of carbonyl (C=O) groups is 1. The molecule has 90 valence electrons. The molecule has 2 aliphatic rings. The number of nitro groups is 1. The highest BCUT2D eigenvalue weighted by atomic mass is 16.6. The smallest absolute Gasteiger partial charge is 0.235 e. The lowest BCUT2D eigenvalue weighted by Crippen LogP contribution is -2.39. The highest BCUT2D eigenvalue weighted by Gasteiger charge is 2.57. The lowest BCUT2D eigenvalue weighted by atomic mass is 9.70. The van der Waals surface area contributed by atoms with E-state index in [9.17, 15) is 14.9 Å². The van der Waals surface area contributed by atoms with Crippen LogP contribution in [0.25, 0.3) is 0 Å². The van der Waals surface area contributed by atoms with Gasteiger partial charge in [-0.3, -0.25) is 14.9 Å². The molecule has 1 amide bonds. The summed E-state index contributed by atoms with van der Waals surface area (Å²) >= 11 is 0. The number of amides is 1. The fourth-order valence-corrected chi connectivity index (χ4v) is 3.48. The van der Waals surface area contributed by atoms with Gasteiger partial charge in [-0.2, -0.15) is 0 Å². The van der Waals surface area contributed by atoms with Crippen molar-refractivity contribution in [2.24, 2.45) is 11.3 Å². The molecular formula is C11H18N2O3. The molecule has 0 N–H and O–H groups in total. The fraction of sp³-hybridized carbons (Fsp3) is 0.909. The minimum absolute atomic E-state index is 0.0406. The predicted octanol–water partition coefficient (Wildman–Crippen LogP) is 1.30. The minimum atomic E-state index is -0.774. The number of hydrogen-bond donors (Lipinski definition) is 0. The molecule has 0 spiro atoms. The summed E-state index contributed by atoms with van der Waals surface area (Å²) in [5.74, 6) is 0.130. The quantitative estimate of drug-likeness (QED) is 0.526. The van der Waals surface area contributed by atoms with Gasteiger partial charge in [-0.05, 0) is 25.7 Å². The highest BCUT2D eigenvalue weighted by molar-refractivity contribution is 5.85. The number of nitrogens with zero attached hydrogens (tertiary/aromatic N) is 2. The van der Waals surface area contributed by atoms with E-state index >= 15 is 0 Å². The van der Waals surface area contributed by atoms with Crippen molar-refractivity contribution in [3.8, 4) is 0 Å². The van der Waals surface area contributed by atoms with Gasteiger partial charge in [0.05, 0.1) is 0 Å². The number of carbonyl (C=O) groups excluding carboxylic acids is 1. The predicted molar refractivity (Wildman–Crippen MR) is 58.5 cm³/mol. The molecule has 2 rings (SSSR count). The molecule has 0 radical (unpaired) electrons. The first-order chi connectivity index (χ1) is 7.47. The molecule has 1 saturated carbocycles. The van der Waals surface area contributed by atoms with Crippen molar-refractivity contribution in [2.45, 2.75) is 38.6 Å². The van der Waals surface area contributed by atoms with Gasteiger partial charge in [-0.15, -0.1) is 0 Å². The normalized spacial score (nSPS) is 38.6. The summed E-state index contributed by atoms with van der Waals surface area (Å²) in [7, 11) is 1.79. The standard InChI is InChI=1S/C11H18N2O3/c1-11(7-13(15)16)8-5-3-4-6-9(8)12(2)10(11)14/h8-9H,3-7H2,1-2H3. The van der Waals surface area contributed by atoms with Crippen LogP contribution in [0.15, 0.2) is 0 Å². The van der Waals surface area contributed by atoms with Gasteiger partial charge >= 0.3 is 0 Å². The Morgan fingerprint density at radius 1 is 1.50 bits per heavy atom. The van der Waals surface area contributed by atoms with Crippen LogP contribution in [0.4, 0.5) is 0 Å². The van der Waals surface area contributed by atoms with Crippen molar-refractivity contribution >= 4 is 5.91 Å². The van der Waals surface area contributed by atoms with E-state index in [1.165, 1.54) is 0 Å². The third kappa shape index (κ3) is 1.49. The molecule has 1 aliphatic heterocycles. The Hall–Kier alpha value is -1.13. The minimum Gasteiger partial charge on any atom is -0.342 e.